The number of benzene rings is 1. The molecule has 1 aliphatic heterocycles. The summed E-state index contributed by atoms with van der Waals surface area (Å²) in [5.74, 6) is 0.737. The molecular formula is C20H25N5O2. The second-order valence-electron chi connectivity index (χ2n) is 7.23. The third-order valence-corrected chi connectivity index (χ3v) is 5.30. The molecule has 0 amide bonds. The Morgan fingerprint density at radius 1 is 1.11 bits per heavy atom. The van der Waals surface area contributed by atoms with Gasteiger partial charge in [-0.1, -0.05) is 31.0 Å². The van der Waals surface area contributed by atoms with E-state index in [1.807, 2.05) is 11.5 Å². The van der Waals surface area contributed by atoms with E-state index in [2.05, 4.69) is 36.1 Å². The van der Waals surface area contributed by atoms with Crippen LogP contribution in [0.2, 0.25) is 0 Å². The van der Waals surface area contributed by atoms with E-state index in [1.165, 1.54) is 14.7 Å². The number of rotatable bonds is 4. The zero-order valence-electron chi connectivity index (χ0n) is 16.1. The normalized spacial score (nSPS) is 14.0. The molecule has 4 rings (SSSR count). The fourth-order valence-corrected chi connectivity index (χ4v) is 3.75. The first kappa shape index (κ1) is 17.6. The van der Waals surface area contributed by atoms with Gasteiger partial charge in [-0.3, -0.25) is 13.9 Å². The molecule has 3 heterocycles. The summed E-state index contributed by atoms with van der Waals surface area (Å²) in [5, 5.41) is 0. The molecule has 2 aromatic heterocycles. The van der Waals surface area contributed by atoms with Gasteiger partial charge in [-0.05, 0) is 31.9 Å². The summed E-state index contributed by atoms with van der Waals surface area (Å²) in [7, 11) is 1.70. The average Bonchev–Trinajstić information content (AvgIpc) is 3.07. The van der Waals surface area contributed by atoms with Crippen molar-refractivity contribution in [2.24, 2.45) is 7.05 Å². The molecule has 0 fully saturated rings. The van der Waals surface area contributed by atoms with Gasteiger partial charge in [-0.15, -0.1) is 0 Å². The molecule has 0 radical (unpaired) electrons. The number of aromatic nitrogens is 4. The summed E-state index contributed by atoms with van der Waals surface area (Å²) in [6.45, 7) is 6.12. The summed E-state index contributed by atoms with van der Waals surface area (Å²) < 4.78 is 4.83. The van der Waals surface area contributed by atoms with Crippen molar-refractivity contribution in [3.63, 3.8) is 0 Å². The average molecular weight is 367 g/mol. The molecule has 0 spiro atoms. The number of hydrogen-bond acceptors (Lipinski definition) is 4. The fraction of sp³-hybridized carbons (Fsp3) is 0.450. The zero-order chi connectivity index (χ0) is 19.1. The van der Waals surface area contributed by atoms with Gasteiger partial charge in [0.2, 0.25) is 5.95 Å². The summed E-state index contributed by atoms with van der Waals surface area (Å²) in [4.78, 5) is 32.6. The van der Waals surface area contributed by atoms with Gasteiger partial charge >= 0.3 is 5.69 Å². The van der Waals surface area contributed by atoms with Crippen molar-refractivity contribution in [2.45, 2.75) is 46.2 Å². The topological polar surface area (TPSA) is 65.1 Å². The van der Waals surface area contributed by atoms with E-state index >= 15 is 0 Å². The number of hydrogen-bond donors (Lipinski definition) is 0. The van der Waals surface area contributed by atoms with E-state index in [4.69, 9.17) is 4.98 Å². The van der Waals surface area contributed by atoms with Crippen molar-refractivity contribution in [3.05, 3.63) is 50.7 Å². The van der Waals surface area contributed by atoms with Crippen LogP contribution in [-0.2, 0) is 20.1 Å². The highest BCUT2D eigenvalue weighted by atomic mass is 16.2. The van der Waals surface area contributed by atoms with Crippen LogP contribution in [0.3, 0.4) is 0 Å². The van der Waals surface area contributed by atoms with Crippen LogP contribution in [0.4, 0.5) is 11.6 Å². The lowest BCUT2D eigenvalue weighted by molar-refractivity contribution is 0.560. The van der Waals surface area contributed by atoms with Crippen LogP contribution in [0.25, 0.3) is 11.2 Å². The molecule has 7 nitrogen and oxygen atoms in total. The van der Waals surface area contributed by atoms with Gasteiger partial charge in [0.1, 0.15) is 0 Å². The number of nitrogens with zero attached hydrogens (tertiary/aromatic N) is 5. The van der Waals surface area contributed by atoms with Crippen molar-refractivity contribution < 1.29 is 0 Å². The Morgan fingerprint density at radius 3 is 2.56 bits per heavy atom. The second kappa shape index (κ2) is 6.72. The molecule has 27 heavy (non-hydrogen) atoms. The van der Waals surface area contributed by atoms with E-state index in [0.717, 1.165) is 44.0 Å². The van der Waals surface area contributed by atoms with Gasteiger partial charge < -0.3 is 9.47 Å². The smallest absolute Gasteiger partial charge is 0.312 e. The van der Waals surface area contributed by atoms with Gasteiger partial charge in [0.25, 0.3) is 5.56 Å². The van der Waals surface area contributed by atoms with Crippen molar-refractivity contribution in [1.29, 1.82) is 0 Å². The molecule has 1 aromatic carbocycles. The van der Waals surface area contributed by atoms with Gasteiger partial charge in [0.15, 0.2) is 11.2 Å². The van der Waals surface area contributed by atoms with Crippen molar-refractivity contribution in [1.82, 2.24) is 18.7 Å². The van der Waals surface area contributed by atoms with Gasteiger partial charge in [-0.2, -0.15) is 4.98 Å². The maximum Gasteiger partial charge on any atom is 0.332 e. The first-order chi connectivity index (χ1) is 13.0. The second-order valence-corrected chi connectivity index (χ2v) is 7.23. The minimum Gasteiger partial charge on any atom is -0.312 e. The van der Waals surface area contributed by atoms with Crippen LogP contribution in [0.1, 0.15) is 31.7 Å². The van der Waals surface area contributed by atoms with Crippen LogP contribution >= 0.6 is 0 Å². The summed E-state index contributed by atoms with van der Waals surface area (Å²) in [6, 6.07) is 8.29. The summed E-state index contributed by atoms with van der Waals surface area (Å²) in [5.41, 5.74) is 2.72. The number of fused-ring (bicyclic) bond motifs is 3. The summed E-state index contributed by atoms with van der Waals surface area (Å²) >= 11 is 0. The van der Waals surface area contributed by atoms with E-state index in [1.54, 1.807) is 7.05 Å². The SMILES string of the molecule is CCCCn1c(=O)c2c(nc3n2CCCN3c2ccc(C)cc2)n(C)c1=O. The van der Waals surface area contributed by atoms with Crippen LogP contribution in [-0.4, -0.2) is 25.2 Å². The Bertz CT molecular complexity index is 1100. The highest BCUT2D eigenvalue weighted by molar-refractivity contribution is 5.77. The zero-order valence-corrected chi connectivity index (χ0v) is 16.1. The lowest BCUT2D eigenvalue weighted by Crippen LogP contribution is -2.40. The molecule has 0 unspecified atom stereocenters. The molecule has 0 atom stereocenters. The lowest BCUT2D eigenvalue weighted by atomic mass is 10.2. The van der Waals surface area contributed by atoms with E-state index < -0.39 is 0 Å². The van der Waals surface area contributed by atoms with E-state index in [9.17, 15) is 9.59 Å². The first-order valence-electron chi connectivity index (χ1n) is 9.57. The third-order valence-electron chi connectivity index (χ3n) is 5.30. The van der Waals surface area contributed by atoms with Crippen LogP contribution in [0.15, 0.2) is 33.9 Å². The molecule has 7 heteroatoms. The predicted octanol–water partition coefficient (Wildman–Crippen LogP) is 2.55. The highest BCUT2D eigenvalue weighted by Gasteiger charge is 2.26. The Hall–Kier alpha value is -2.83. The third kappa shape index (κ3) is 2.78. The van der Waals surface area contributed by atoms with Gasteiger partial charge in [0.05, 0.1) is 0 Å². The van der Waals surface area contributed by atoms with E-state index in [-0.39, 0.29) is 11.2 Å². The minimum atomic E-state index is -0.293. The maximum absolute atomic E-state index is 13.1. The predicted molar refractivity (Wildman–Crippen MR) is 107 cm³/mol. The van der Waals surface area contributed by atoms with Crippen molar-refractivity contribution in [3.8, 4) is 0 Å². The van der Waals surface area contributed by atoms with Crippen molar-refractivity contribution >= 4 is 22.8 Å². The molecule has 1 aliphatic rings. The minimum absolute atomic E-state index is 0.231. The number of aryl methyl sites for hydroxylation is 3. The number of anilines is 2. The fourth-order valence-electron chi connectivity index (χ4n) is 3.75. The highest BCUT2D eigenvalue weighted by Crippen LogP contribution is 2.30. The Labute approximate surface area is 157 Å². The first-order valence-corrected chi connectivity index (χ1v) is 9.57. The quantitative estimate of drug-likeness (QED) is 0.711. The molecule has 0 bridgehead atoms. The van der Waals surface area contributed by atoms with E-state index in [0.29, 0.717) is 17.7 Å². The standard InChI is InChI=1S/C20H25N5O2/c1-4-5-11-25-18(26)16-17(22(3)20(25)27)21-19-23(12-6-13-24(16)19)15-9-7-14(2)8-10-15/h7-10H,4-6,11-13H2,1-3H3. The maximum atomic E-state index is 13.1. The summed E-state index contributed by atoms with van der Waals surface area (Å²) in [6.07, 6.45) is 2.65. The molecule has 3 aromatic rings. The molecule has 0 saturated heterocycles. The molecular weight excluding hydrogens is 342 g/mol. The van der Waals surface area contributed by atoms with Gasteiger partial charge in [0, 0.05) is 32.4 Å². The van der Waals surface area contributed by atoms with Gasteiger partial charge in [-0.25, -0.2) is 4.79 Å². The number of unbranched alkanes of at least 4 members (excludes halogenated alkanes) is 1. The molecule has 0 saturated carbocycles. The molecule has 0 aliphatic carbocycles. The molecule has 142 valence electrons. The number of imidazole rings is 1. The Balaban J connectivity index is 1.94. The van der Waals surface area contributed by atoms with Crippen LogP contribution in [0.5, 0.6) is 0 Å². The molecule has 0 N–H and O–H groups in total. The monoisotopic (exact) mass is 367 g/mol. The largest absolute Gasteiger partial charge is 0.332 e. The van der Waals surface area contributed by atoms with Crippen LogP contribution < -0.4 is 16.1 Å². The van der Waals surface area contributed by atoms with Crippen molar-refractivity contribution in [2.75, 3.05) is 11.4 Å². The lowest BCUT2D eigenvalue weighted by Gasteiger charge is -2.29. The Kier molecular flexibility index (Phi) is 4.37. The van der Waals surface area contributed by atoms with Crippen LogP contribution in [0, 0.1) is 6.92 Å². The Morgan fingerprint density at radius 2 is 1.85 bits per heavy atom.